The second-order valence-corrected chi connectivity index (χ2v) is 4.04. The minimum Gasteiger partial charge on any atom is -0.497 e. The first kappa shape index (κ1) is 8.82. The molecule has 2 N–H and O–H groups in total. The lowest BCUT2D eigenvalue weighted by molar-refractivity contribution is 0.120. The molecule has 2 aliphatic rings. The Bertz CT molecular complexity index is 236. The zero-order chi connectivity index (χ0) is 9.26. The second kappa shape index (κ2) is 3.54. The summed E-state index contributed by atoms with van der Waals surface area (Å²) in [6.45, 7) is 2.12. The first-order valence-corrected chi connectivity index (χ1v) is 5.02. The van der Waals surface area contributed by atoms with Crippen molar-refractivity contribution in [3.63, 3.8) is 0 Å². The molecule has 0 saturated heterocycles. The van der Waals surface area contributed by atoms with Crippen LogP contribution in [-0.4, -0.2) is 12.1 Å². The van der Waals surface area contributed by atoms with E-state index < -0.39 is 0 Å². The quantitative estimate of drug-likeness (QED) is 0.625. The number of hydrogen-bond acceptors (Lipinski definition) is 2. The van der Waals surface area contributed by atoms with Crippen LogP contribution in [0.15, 0.2) is 24.0 Å². The lowest BCUT2D eigenvalue weighted by atomic mass is 9.84. The number of rotatable bonds is 1. The topological polar surface area (TPSA) is 35.2 Å². The third-order valence-electron chi connectivity index (χ3n) is 3.07. The molecule has 1 heterocycles. The van der Waals surface area contributed by atoms with Gasteiger partial charge in [-0.15, -0.1) is 0 Å². The smallest absolute Gasteiger partial charge is 0.108 e. The van der Waals surface area contributed by atoms with E-state index in [1.807, 2.05) is 6.26 Å². The van der Waals surface area contributed by atoms with Gasteiger partial charge in [0.25, 0.3) is 0 Å². The van der Waals surface area contributed by atoms with Crippen molar-refractivity contribution >= 4 is 0 Å². The molecular weight excluding hydrogens is 162 g/mol. The Balaban J connectivity index is 2.01. The molecule has 13 heavy (non-hydrogen) atoms. The molecule has 0 aromatic heterocycles. The van der Waals surface area contributed by atoms with Gasteiger partial charge in [-0.1, -0.05) is 11.6 Å². The van der Waals surface area contributed by atoms with Crippen LogP contribution < -0.4 is 5.73 Å². The fraction of sp³-hybridized carbons (Fsp3) is 0.636. The molecule has 0 amide bonds. The fourth-order valence-electron chi connectivity index (χ4n) is 2.11. The second-order valence-electron chi connectivity index (χ2n) is 4.04. The Hall–Kier alpha value is -0.760. The third-order valence-corrected chi connectivity index (χ3v) is 3.07. The summed E-state index contributed by atoms with van der Waals surface area (Å²) in [5, 5.41) is 0. The summed E-state index contributed by atoms with van der Waals surface area (Å²) in [6, 6.07) is 0.283. The van der Waals surface area contributed by atoms with E-state index in [4.69, 9.17) is 10.5 Å². The van der Waals surface area contributed by atoms with Crippen LogP contribution in [0.2, 0.25) is 0 Å². The molecule has 0 fully saturated rings. The summed E-state index contributed by atoms with van der Waals surface area (Å²) in [4.78, 5) is 0. The molecule has 0 spiro atoms. The van der Waals surface area contributed by atoms with E-state index >= 15 is 0 Å². The first-order chi connectivity index (χ1) is 6.27. The summed E-state index contributed by atoms with van der Waals surface area (Å²) >= 11 is 0. The Labute approximate surface area is 79.5 Å². The minimum atomic E-state index is 0.283. The third kappa shape index (κ3) is 1.78. The largest absolute Gasteiger partial charge is 0.497 e. The molecule has 2 rings (SSSR count). The van der Waals surface area contributed by atoms with E-state index in [-0.39, 0.29) is 6.04 Å². The van der Waals surface area contributed by atoms with Crippen LogP contribution >= 0.6 is 0 Å². The van der Waals surface area contributed by atoms with Gasteiger partial charge in [-0.25, -0.2) is 0 Å². The van der Waals surface area contributed by atoms with Crippen molar-refractivity contribution in [2.75, 3.05) is 0 Å². The van der Waals surface area contributed by atoms with Crippen LogP contribution in [0.25, 0.3) is 0 Å². The van der Waals surface area contributed by atoms with E-state index in [1.165, 1.54) is 12.0 Å². The van der Waals surface area contributed by atoms with Crippen molar-refractivity contribution in [1.29, 1.82) is 0 Å². The fourth-order valence-corrected chi connectivity index (χ4v) is 2.11. The van der Waals surface area contributed by atoms with E-state index in [1.54, 1.807) is 0 Å². The summed E-state index contributed by atoms with van der Waals surface area (Å²) in [6.07, 6.45) is 9.93. The van der Waals surface area contributed by atoms with Crippen LogP contribution in [0, 0.1) is 5.92 Å². The number of ether oxygens (including phenoxy) is 1. The van der Waals surface area contributed by atoms with E-state index in [0.717, 1.165) is 12.8 Å². The lowest BCUT2D eigenvalue weighted by Gasteiger charge is -2.27. The zero-order valence-corrected chi connectivity index (χ0v) is 8.07. The van der Waals surface area contributed by atoms with Crippen molar-refractivity contribution in [1.82, 2.24) is 0 Å². The number of hydrogen-bond donors (Lipinski definition) is 1. The van der Waals surface area contributed by atoms with Crippen molar-refractivity contribution < 1.29 is 4.74 Å². The van der Waals surface area contributed by atoms with Gasteiger partial charge in [0.15, 0.2) is 0 Å². The zero-order valence-electron chi connectivity index (χ0n) is 8.07. The van der Waals surface area contributed by atoms with Crippen LogP contribution in [0.4, 0.5) is 0 Å². The average Bonchev–Trinajstić information content (AvgIpc) is 2.62. The van der Waals surface area contributed by atoms with Crippen molar-refractivity contribution in [3.05, 3.63) is 24.0 Å². The highest BCUT2D eigenvalue weighted by atomic mass is 16.5. The van der Waals surface area contributed by atoms with E-state index in [2.05, 4.69) is 19.1 Å². The van der Waals surface area contributed by atoms with Crippen LogP contribution in [0.5, 0.6) is 0 Å². The monoisotopic (exact) mass is 179 g/mol. The van der Waals surface area contributed by atoms with Crippen molar-refractivity contribution in [2.24, 2.45) is 11.7 Å². The van der Waals surface area contributed by atoms with Crippen molar-refractivity contribution in [2.45, 2.75) is 38.3 Å². The van der Waals surface area contributed by atoms with Gasteiger partial charge in [0, 0.05) is 18.4 Å². The molecule has 2 nitrogen and oxygen atoms in total. The molecule has 0 aromatic carbocycles. The molecule has 1 aliphatic heterocycles. The van der Waals surface area contributed by atoms with Crippen LogP contribution in [0.3, 0.4) is 0 Å². The van der Waals surface area contributed by atoms with Crippen LogP contribution in [0.1, 0.15) is 26.2 Å². The van der Waals surface area contributed by atoms with E-state index in [9.17, 15) is 0 Å². The highest BCUT2D eigenvalue weighted by Crippen LogP contribution is 2.29. The summed E-state index contributed by atoms with van der Waals surface area (Å²) in [5.41, 5.74) is 7.24. The van der Waals surface area contributed by atoms with Gasteiger partial charge < -0.3 is 10.5 Å². The summed E-state index contributed by atoms with van der Waals surface area (Å²) in [7, 11) is 0. The predicted octanol–water partition coefficient (Wildman–Crippen LogP) is 1.97. The number of nitrogens with two attached hydrogens (primary N) is 1. The average molecular weight is 179 g/mol. The Morgan fingerprint density at radius 2 is 2.31 bits per heavy atom. The SMILES string of the molecule is CC1=CC([C@@H]2CC=CO2)CC[C@H]1N. The minimum absolute atomic E-state index is 0.283. The predicted molar refractivity (Wildman–Crippen MR) is 53.1 cm³/mol. The highest BCUT2D eigenvalue weighted by molar-refractivity contribution is 5.14. The first-order valence-electron chi connectivity index (χ1n) is 5.02. The van der Waals surface area contributed by atoms with Gasteiger partial charge in [0.1, 0.15) is 6.10 Å². The molecule has 72 valence electrons. The molecular formula is C11H17NO. The molecule has 0 bridgehead atoms. The van der Waals surface area contributed by atoms with Crippen LogP contribution in [-0.2, 0) is 4.74 Å². The summed E-state index contributed by atoms with van der Waals surface area (Å²) < 4.78 is 5.51. The molecule has 1 aliphatic carbocycles. The van der Waals surface area contributed by atoms with Gasteiger partial charge in [-0.3, -0.25) is 0 Å². The van der Waals surface area contributed by atoms with E-state index in [0.29, 0.717) is 12.0 Å². The maximum absolute atomic E-state index is 5.91. The van der Waals surface area contributed by atoms with Gasteiger partial charge >= 0.3 is 0 Å². The molecule has 3 atom stereocenters. The standard InChI is InChI=1S/C11H17NO/c1-8-7-9(4-5-10(8)12)11-3-2-6-13-11/h2,6-7,9-11H,3-5,12H2,1H3/t9?,10-,11+/m1/s1. The lowest BCUT2D eigenvalue weighted by Crippen LogP contribution is -2.30. The molecule has 2 heteroatoms. The van der Waals surface area contributed by atoms with Gasteiger partial charge in [-0.2, -0.15) is 0 Å². The maximum atomic E-state index is 5.91. The van der Waals surface area contributed by atoms with Crippen molar-refractivity contribution in [3.8, 4) is 0 Å². The Kier molecular flexibility index (Phi) is 2.40. The normalized spacial score (nSPS) is 38.6. The van der Waals surface area contributed by atoms with Gasteiger partial charge in [0.2, 0.25) is 0 Å². The molecule has 1 unspecified atom stereocenters. The highest BCUT2D eigenvalue weighted by Gasteiger charge is 2.26. The molecule has 0 saturated carbocycles. The molecule has 0 aromatic rings. The summed E-state index contributed by atoms with van der Waals surface area (Å²) in [5.74, 6) is 0.579. The maximum Gasteiger partial charge on any atom is 0.108 e. The molecule has 0 radical (unpaired) electrons. The van der Waals surface area contributed by atoms with Gasteiger partial charge in [0.05, 0.1) is 6.26 Å². The Morgan fingerprint density at radius 1 is 1.46 bits per heavy atom. The Morgan fingerprint density at radius 3 is 2.92 bits per heavy atom. The van der Waals surface area contributed by atoms with Gasteiger partial charge in [-0.05, 0) is 25.8 Å².